The zero-order valence-electron chi connectivity index (χ0n) is 18.0. The van der Waals surface area contributed by atoms with Gasteiger partial charge in [-0.25, -0.2) is 0 Å². The highest BCUT2D eigenvalue weighted by Crippen LogP contribution is 2.21. The van der Waals surface area contributed by atoms with E-state index in [1.807, 2.05) is 25.3 Å². The molecule has 0 aromatic heterocycles. The largest absolute Gasteiger partial charge is 0.350 e. The van der Waals surface area contributed by atoms with Gasteiger partial charge in [-0.05, 0) is 60.7 Å². The molecule has 1 unspecified atom stereocenters. The number of amides is 3. The summed E-state index contributed by atoms with van der Waals surface area (Å²) in [6.07, 6.45) is 3.68. The van der Waals surface area contributed by atoms with Gasteiger partial charge in [0.25, 0.3) is 5.91 Å². The number of hydrogen-bond donors (Lipinski definition) is 3. The molecular formula is C23H27Cl2N3O3S. The first-order chi connectivity index (χ1) is 15.3. The topological polar surface area (TPSA) is 87.3 Å². The molecule has 0 heterocycles. The standard InChI is InChI=1S/C23H27Cl2N3O3S/c1-3-4-21(29)27-17-8-5-15(6-9-17)14-26-23(31)20(11-12-32-2)28-22(30)18-10-7-16(24)13-19(18)25/h5-10,13,20H,3-4,11-12,14H2,1-2H3,(H,26,31)(H,27,29)(H,28,30). The Morgan fingerprint density at radius 1 is 1.06 bits per heavy atom. The predicted octanol–water partition coefficient (Wildman–Crippen LogP) is 4.90. The van der Waals surface area contributed by atoms with E-state index in [-0.39, 0.29) is 22.4 Å². The molecule has 2 aromatic rings. The first kappa shape index (κ1) is 26.0. The van der Waals surface area contributed by atoms with Gasteiger partial charge in [0, 0.05) is 23.7 Å². The minimum absolute atomic E-state index is 0.0262. The number of carbonyl (C=O) groups is 3. The van der Waals surface area contributed by atoms with Gasteiger partial charge in [-0.1, -0.05) is 42.3 Å². The third-order valence-electron chi connectivity index (χ3n) is 4.59. The lowest BCUT2D eigenvalue weighted by molar-refractivity contribution is -0.123. The number of nitrogens with one attached hydrogen (secondary N) is 3. The van der Waals surface area contributed by atoms with Crippen LogP contribution in [0.3, 0.4) is 0 Å². The van der Waals surface area contributed by atoms with E-state index in [4.69, 9.17) is 23.2 Å². The molecule has 0 radical (unpaired) electrons. The van der Waals surface area contributed by atoms with Crippen LogP contribution in [0.4, 0.5) is 5.69 Å². The van der Waals surface area contributed by atoms with Crippen molar-refractivity contribution in [1.82, 2.24) is 10.6 Å². The second kappa shape index (κ2) is 13.4. The molecule has 172 valence electrons. The van der Waals surface area contributed by atoms with Crippen molar-refractivity contribution in [2.24, 2.45) is 0 Å². The molecule has 6 nitrogen and oxygen atoms in total. The molecule has 1 atom stereocenters. The van der Waals surface area contributed by atoms with E-state index in [2.05, 4.69) is 16.0 Å². The van der Waals surface area contributed by atoms with E-state index in [0.717, 1.165) is 12.0 Å². The summed E-state index contributed by atoms with van der Waals surface area (Å²) >= 11 is 13.6. The van der Waals surface area contributed by atoms with Gasteiger partial charge < -0.3 is 16.0 Å². The number of thioether (sulfide) groups is 1. The van der Waals surface area contributed by atoms with Crippen LogP contribution in [-0.4, -0.2) is 35.8 Å². The van der Waals surface area contributed by atoms with Crippen molar-refractivity contribution in [3.05, 3.63) is 63.6 Å². The third-order valence-corrected chi connectivity index (χ3v) is 5.78. The number of rotatable bonds is 11. The fraction of sp³-hybridized carbons (Fsp3) is 0.348. The van der Waals surface area contributed by atoms with Crippen LogP contribution in [0.25, 0.3) is 0 Å². The highest BCUT2D eigenvalue weighted by molar-refractivity contribution is 7.98. The molecule has 2 rings (SSSR count). The Hall–Kier alpha value is -2.22. The molecule has 3 N–H and O–H groups in total. The molecule has 9 heteroatoms. The maximum absolute atomic E-state index is 12.8. The van der Waals surface area contributed by atoms with E-state index in [1.54, 1.807) is 30.0 Å². The number of hydrogen-bond acceptors (Lipinski definition) is 4. The SMILES string of the molecule is CCCC(=O)Nc1ccc(CNC(=O)C(CCSC)NC(=O)c2ccc(Cl)cc2Cl)cc1. The molecular weight excluding hydrogens is 469 g/mol. The normalized spacial score (nSPS) is 11.5. The lowest BCUT2D eigenvalue weighted by Crippen LogP contribution is -2.47. The fourth-order valence-corrected chi connectivity index (χ4v) is 3.85. The van der Waals surface area contributed by atoms with E-state index in [9.17, 15) is 14.4 Å². The summed E-state index contributed by atoms with van der Waals surface area (Å²) in [6.45, 7) is 2.25. The number of halogens is 2. The minimum Gasteiger partial charge on any atom is -0.350 e. The Bertz CT molecular complexity index is 939. The molecule has 0 spiro atoms. The Balaban J connectivity index is 1.97. The minimum atomic E-state index is -0.700. The van der Waals surface area contributed by atoms with Crippen LogP contribution >= 0.6 is 35.0 Å². The summed E-state index contributed by atoms with van der Waals surface area (Å²) in [7, 11) is 0. The maximum atomic E-state index is 12.8. The molecule has 0 saturated carbocycles. The van der Waals surface area contributed by atoms with Crippen LogP contribution in [-0.2, 0) is 16.1 Å². The van der Waals surface area contributed by atoms with Gasteiger partial charge in [0.2, 0.25) is 11.8 Å². The van der Waals surface area contributed by atoms with Gasteiger partial charge in [-0.2, -0.15) is 11.8 Å². The van der Waals surface area contributed by atoms with Gasteiger partial charge in [-0.15, -0.1) is 0 Å². The van der Waals surface area contributed by atoms with Crippen LogP contribution in [0.1, 0.15) is 42.1 Å². The van der Waals surface area contributed by atoms with Crippen molar-refractivity contribution in [3.63, 3.8) is 0 Å². The van der Waals surface area contributed by atoms with E-state index in [1.165, 1.54) is 12.1 Å². The molecule has 0 aliphatic rings. The summed E-state index contributed by atoms with van der Waals surface area (Å²) in [6, 6.07) is 11.2. The number of benzene rings is 2. The van der Waals surface area contributed by atoms with Gasteiger partial charge >= 0.3 is 0 Å². The van der Waals surface area contributed by atoms with E-state index < -0.39 is 11.9 Å². The molecule has 32 heavy (non-hydrogen) atoms. The summed E-state index contributed by atoms with van der Waals surface area (Å²) in [5.74, 6) is -0.0292. The lowest BCUT2D eigenvalue weighted by atomic mass is 10.1. The van der Waals surface area contributed by atoms with Crippen molar-refractivity contribution < 1.29 is 14.4 Å². The first-order valence-corrected chi connectivity index (χ1v) is 12.4. The molecule has 0 fully saturated rings. The van der Waals surface area contributed by atoms with Crippen LogP contribution in [0.2, 0.25) is 10.0 Å². The Morgan fingerprint density at radius 3 is 2.41 bits per heavy atom. The molecule has 2 aromatic carbocycles. The second-order valence-corrected chi connectivity index (χ2v) is 8.97. The average molecular weight is 496 g/mol. The van der Waals surface area contributed by atoms with Gasteiger partial charge in [-0.3, -0.25) is 14.4 Å². The molecule has 3 amide bonds. The molecule has 0 aliphatic heterocycles. The Morgan fingerprint density at radius 2 is 1.78 bits per heavy atom. The Labute approximate surface area is 202 Å². The van der Waals surface area contributed by atoms with E-state index >= 15 is 0 Å². The molecule has 0 bridgehead atoms. The van der Waals surface area contributed by atoms with Crippen molar-refractivity contribution >= 4 is 58.4 Å². The van der Waals surface area contributed by atoms with Crippen LogP contribution in [0.15, 0.2) is 42.5 Å². The van der Waals surface area contributed by atoms with Gasteiger partial charge in [0.05, 0.1) is 10.6 Å². The number of carbonyl (C=O) groups excluding carboxylic acids is 3. The van der Waals surface area contributed by atoms with Crippen molar-refractivity contribution in [1.29, 1.82) is 0 Å². The van der Waals surface area contributed by atoms with Crippen LogP contribution in [0, 0.1) is 0 Å². The van der Waals surface area contributed by atoms with Crippen molar-refractivity contribution in [3.8, 4) is 0 Å². The summed E-state index contributed by atoms with van der Waals surface area (Å²) in [5, 5.41) is 9.12. The second-order valence-electron chi connectivity index (χ2n) is 7.14. The van der Waals surface area contributed by atoms with Crippen molar-refractivity contribution in [2.45, 2.75) is 38.8 Å². The van der Waals surface area contributed by atoms with E-state index in [0.29, 0.717) is 35.8 Å². The zero-order valence-corrected chi connectivity index (χ0v) is 20.4. The van der Waals surface area contributed by atoms with Gasteiger partial charge in [0.15, 0.2) is 0 Å². The maximum Gasteiger partial charge on any atom is 0.253 e. The highest BCUT2D eigenvalue weighted by atomic mass is 35.5. The molecule has 0 aliphatic carbocycles. The number of anilines is 1. The quantitative estimate of drug-likeness (QED) is 0.413. The summed E-state index contributed by atoms with van der Waals surface area (Å²) in [4.78, 5) is 37.1. The van der Waals surface area contributed by atoms with Crippen LogP contribution < -0.4 is 16.0 Å². The zero-order chi connectivity index (χ0) is 23.5. The average Bonchev–Trinajstić information content (AvgIpc) is 2.76. The first-order valence-electron chi connectivity index (χ1n) is 10.3. The predicted molar refractivity (Wildman–Crippen MR) is 133 cm³/mol. The monoisotopic (exact) mass is 495 g/mol. The summed E-state index contributed by atoms with van der Waals surface area (Å²) < 4.78 is 0. The highest BCUT2D eigenvalue weighted by Gasteiger charge is 2.22. The third kappa shape index (κ3) is 8.37. The Kier molecular flexibility index (Phi) is 10.9. The van der Waals surface area contributed by atoms with Gasteiger partial charge in [0.1, 0.15) is 6.04 Å². The smallest absolute Gasteiger partial charge is 0.253 e. The van der Waals surface area contributed by atoms with Crippen LogP contribution in [0.5, 0.6) is 0 Å². The lowest BCUT2D eigenvalue weighted by Gasteiger charge is -2.19. The fourth-order valence-electron chi connectivity index (χ4n) is 2.88. The van der Waals surface area contributed by atoms with Crippen molar-refractivity contribution in [2.75, 3.05) is 17.3 Å². The molecule has 0 saturated heterocycles. The summed E-state index contributed by atoms with van der Waals surface area (Å²) in [5.41, 5.74) is 1.85.